The van der Waals surface area contributed by atoms with Crippen LogP contribution in [0.5, 0.6) is 0 Å². The van der Waals surface area contributed by atoms with Crippen molar-refractivity contribution in [1.82, 2.24) is 15.8 Å². The third-order valence-corrected chi connectivity index (χ3v) is 4.16. The van der Waals surface area contributed by atoms with Gasteiger partial charge in [-0.3, -0.25) is 0 Å². The van der Waals surface area contributed by atoms with Gasteiger partial charge in [0.15, 0.2) is 5.76 Å². The van der Waals surface area contributed by atoms with Gasteiger partial charge in [-0.1, -0.05) is 16.8 Å². The van der Waals surface area contributed by atoms with Crippen LogP contribution >= 0.6 is 11.6 Å². The van der Waals surface area contributed by atoms with Crippen molar-refractivity contribution in [2.75, 3.05) is 19.8 Å². The fourth-order valence-corrected chi connectivity index (χ4v) is 2.69. The lowest BCUT2D eigenvalue weighted by Gasteiger charge is -2.23. The van der Waals surface area contributed by atoms with Gasteiger partial charge in [0.05, 0.1) is 5.69 Å². The standard InChI is InChI=1S/C17H20ClN3O3/c18-13-3-1-12(2-4-13)16-11-15(21-24-16)5-8-19-17(22)20-14-6-9-23-10-7-14/h1-4,11,14H,5-10H2,(H2,19,20,22). The highest BCUT2D eigenvalue weighted by atomic mass is 35.5. The molecule has 2 heterocycles. The fraction of sp³-hybridized carbons (Fsp3) is 0.412. The van der Waals surface area contributed by atoms with E-state index in [2.05, 4.69) is 15.8 Å². The normalized spacial score (nSPS) is 15.2. The van der Waals surface area contributed by atoms with E-state index in [0.717, 1.165) is 24.1 Å². The minimum absolute atomic E-state index is 0.150. The molecule has 2 amide bonds. The quantitative estimate of drug-likeness (QED) is 0.870. The van der Waals surface area contributed by atoms with Crippen LogP contribution in [0.2, 0.25) is 5.02 Å². The zero-order valence-corrected chi connectivity index (χ0v) is 14.0. The smallest absolute Gasteiger partial charge is 0.315 e. The number of nitrogens with one attached hydrogen (secondary N) is 2. The minimum atomic E-state index is -0.150. The first-order valence-corrected chi connectivity index (χ1v) is 8.42. The van der Waals surface area contributed by atoms with E-state index in [9.17, 15) is 4.79 Å². The van der Waals surface area contributed by atoms with Gasteiger partial charge < -0.3 is 19.9 Å². The number of urea groups is 1. The fourth-order valence-electron chi connectivity index (χ4n) is 2.56. The molecule has 0 bridgehead atoms. The Balaban J connectivity index is 1.43. The lowest BCUT2D eigenvalue weighted by Crippen LogP contribution is -2.44. The Hall–Kier alpha value is -2.05. The molecule has 6 nitrogen and oxygen atoms in total. The van der Waals surface area contributed by atoms with Crippen LogP contribution in [-0.4, -0.2) is 37.0 Å². The molecule has 0 atom stereocenters. The number of rotatable bonds is 5. The van der Waals surface area contributed by atoms with Gasteiger partial charge in [0.1, 0.15) is 0 Å². The van der Waals surface area contributed by atoms with Crippen molar-refractivity contribution in [2.24, 2.45) is 0 Å². The van der Waals surface area contributed by atoms with Crippen molar-refractivity contribution in [3.63, 3.8) is 0 Å². The Kier molecular flexibility index (Phi) is 5.72. The molecule has 7 heteroatoms. The Labute approximate surface area is 145 Å². The van der Waals surface area contributed by atoms with Crippen LogP contribution in [0.3, 0.4) is 0 Å². The van der Waals surface area contributed by atoms with E-state index in [-0.39, 0.29) is 12.1 Å². The molecule has 0 aliphatic carbocycles. The maximum Gasteiger partial charge on any atom is 0.315 e. The number of carbonyl (C=O) groups excluding carboxylic acids is 1. The molecule has 1 aromatic carbocycles. The summed E-state index contributed by atoms with van der Waals surface area (Å²) in [6, 6.07) is 9.30. The predicted molar refractivity (Wildman–Crippen MR) is 91.0 cm³/mol. The highest BCUT2D eigenvalue weighted by Crippen LogP contribution is 2.22. The summed E-state index contributed by atoms with van der Waals surface area (Å²) in [5.41, 5.74) is 1.72. The monoisotopic (exact) mass is 349 g/mol. The molecule has 1 aliphatic heterocycles. The number of nitrogens with zero attached hydrogens (tertiary/aromatic N) is 1. The third kappa shape index (κ3) is 4.72. The second kappa shape index (κ2) is 8.17. The molecule has 1 aromatic heterocycles. The van der Waals surface area contributed by atoms with Crippen LogP contribution < -0.4 is 10.6 Å². The number of aromatic nitrogens is 1. The first-order chi connectivity index (χ1) is 11.7. The summed E-state index contributed by atoms with van der Waals surface area (Å²) in [5.74, 6) is 0.688. The number of benzene rings is 1. The topological polar surface area (TPSA) is 76.4 Å². The summed E-state index contributed by atoms with van der Waals surface area (Å²) in [5, 5.41) is 10.5. The highest BCUT2D eigenvalue weighted by Gasteiger charge is 2.15. The lowest BCUT2D eigenvalue weighted by atomic mass is 10.1. The van der Waals surface area contributed by atoms with Gasteiger partial charge in [0.2, 0.25) is 0 Å². The van der Waals surface area contributed by atoms with Crippen LogP contribution in [0.1, 0.15) is 18.5 Å². The molecule has 2 N–H and O–H groups in total. The Morgan fingerprint density at radius 1 is 1.25 bits per heavy atom. The molecule has 0 radical (unpaired) electrons. The number of halogens is 1. The van der Waals surface area contributed by atoms with E-state index in [1.807, 2.05) is 18.2 Å². The SMILES string of the molecule is O=C(NCCc1cc(-c2ccc(Cl)cc2)on1)NC1CCOCC1. The van der Waals surface area contributed by atoms with Crippen molar-refractivity contribution >= 4 is 17.6 Å². The molecule has 24 heavy (non-hydrogen) atoms. The van der Waals surface area contributed by atoms with Gasteiger partial charge in [-0.25, -0.2) is 4.79 Å². The average Bonchev–Trinajstić information content (AvgIpc) is 3.05. The Bertz CT molecular complexity index is 666. The number of amides is 2. The van der Waals surface area contributed by atoms with Gasteiger partial charge in [0, 0.05) is 48.9 Å². The number of ether oxygens (including phenoxy) is 1. The minimum Gasteiger partial charge on any atom is -0.381 e. The van der Waals surface area contributed by atoms with E-state index in [1.54, 1.807) is 12.1 Å². The first-order valence-electron chi connectivity index (χ1n) is 8.04. The Morgan fingerprint density at radius 3 is 2.75 bits per heavy atom. The lowest BCUT2D eigenvalue weighted by molar-refractivity contribution is 0.0801. The van der Waals surface area contributed by atoms with Crippen LogP contribution in [-0.2, 0) is 11.2 Å². The zero-order valence-electron chi connectivity index (χ0n) is 13.3. The summed E-state index contributed by atoms with van der Waals surface area (Å²) >= 11 is 5.87. The largest absolute Gasteiger partial charge is 0.381 e. The summed E-state index contributed by atoms with van der Waals surface area (Å²) < 4.78 is 10.6. The summed E-state index contributed by atoms with van der Waals surface area (Å²) in [6.07, 6.45) is 2.33. The summed E-state index contributed by atoms with van der Waals surface area (Å²) in [7, 11) is 0. The predicted octanol–water partition coefficient (Wildman–Crippen LogP) is 3.02. The maximum atomic E-state index is 11.8. The maximum absolute atomic E-state index is 11.8. The molecule has 1 saturated heterocycles. The van der Waals surface area contributed by atoms with Gasteiger partial charge in [-0.15, -0.1) is 0 Å². The first kappa shape index (κ1) is 16.8. The molecule has 0 spiro atoms. The van der Waals surface area contributed by atoms with E-state index in [4.69, 9.17) is 20.9 Å². The summed E-state index contributed by atoms with van der Waals surface area (Å²) in [4.78, 5) is 11.8. The van der Waals surface area contributed by atoms with E-state index < -0.39 is 0 Å². The number of carbonyl (C=O) groups is 1. The Morgan fingerprint density at radius 2 is 2.00 bits per heavy atom. The second-order valence-corrected chi connectivity index (χ2v) is 6.16. The molecule has 128 valence electrons. The molecule has 1 aliphatic rings. The van der Waals surface area contributed by atoms with Gasteiger partial charge in [0.25, 0.3) is 0 Å². The van der Waals surface area contributed by atoms with Crippen molar-refractivity contribution < 1.29 is 14.1 Å². The van der Waals surface area contributed by atoms with Crippen LogP contribution in [0.4, 0.5) is 4.79 Å². The molecule has 1 fully saturated rings. The second-order valence-electron chi connectivity index (χ2n) is 5.73. The van der Waals surface area contributed by atoms with Crippen LogP contribution in [0.25, 0.3) is 11.3 Å². The third-order valence-electron chi connectivity index (χ3n) is 3.91. The van der Waals surface area contributed by atoms with E-state index in [1.165, 1.54) is 0 Å². The van der Waals surface area contributed by atoms with Crippen molar-refractivity contribution in [3.8, 4) is 11.3 Å². The summed E-state index contributed by atoms with van der Waals surface area (Å²) in [6.45, 7) is 1.91. The van der Waals surface area contributed by atoms with E-state index >= 15 is 0 Å². The molecular weight excluding hydrogens is 330 g/mol. The van der Waals surface area contributed by atoms with Crippen molar-refractivity contribution in [3.05, 3.63) is 41.0 Å². The molecule has 0 saturated carbocycles. The molecular formula is C17H20ClN3O3. The highest BCUT2D eigenvalue weighted by molar-refractivity contribution is 6.30. The number of hydrogen-bond donors (Lipinski definition) is 2. The number of hydrogen-bond acceptors (Lipinski definition) is 4. The zero-order chi connectivity index (χ0) is 16.8. The molecule has 0 unspecified atom stereocenters. The van der Waals surface area contributed by atoms with Crippen molar-refractivity contribution in [2.45, 2.75) is 25.3 Å². The van der Waals surface area contributed by atoms with Crippen LogP contribution in [0.15, 0.2) is 34.9 Å². The van der Waals surface area contributed by atoms with Crippen molar-refractivity contribution in [1.29, 1.82) is 0 Å². The average molecular weight is 350 g/mol. The van der Waals surface area contributed by atoms with Crippen LogP contribution in [0, 0.1) is 0 Å². The molecule has 3 rings (SSSR count). The van der Waals surface area contributed by atoms with Gasteiger partial charge >= 0.3 is 6.03 Å². The van der Waals surface area contributed by atoms with E-state index in [0.29, 0.717) is 37.0 Å². The molecule has 2 aromatic rings. The van der Waals surface area contributed by atoms with Gasteiger partial charge in [-0.05, 0) is 37.1 Å². The van der Waals surface area contributed by atoms with Gasteiger partial charge in [-0.2, -0.15) is 0 Å².